The average Bonchev–Trinajstić information content (AvgIpc) is 2.49. The van der Waals surface area contributed by atoms with Crippen LogP contribution in [0.15, 0.2) is 41.7 Å². The number of rotatable bonds is 4. The van der Waals surface area contributed by atoms with Crippen LogP contribution in [0.5, 0.6) is 0 Å². The van der Waals surface area contributed by atoms with Gasteiger partial charge in [0.25, 0.3) is 5.91 Å². The third kappa shape index (κ3) is 3.30. The molecule has 2 heterocycles. The third-order valence-electron chi connectivity index (χ3n) is 3.16. The van der Waals surface area contributed by atoms with Crippen LogP contribution in [0.25, 0.3) is 0 Å². The maximum atomic E-state index is 12.6. The Balaban J connectivity index is 2.35. The van der Waals surface area contributed by atoms with Gasteiger partial charge in [0.15, 0.2) is 14.9 Å². The van der Waals surface area contributed by atoms with Crippen LogP contribution in [-0.2, 0) is 9.84 Å². The van der Waals surface area contributed by atoms with Gasteiger partial charge in [0.1, 0.15) is 5.82 Å². The first-order valence-corrected chi connectivity index (χ1v) is 8.63. The summed E-state index contributed by atoms with van der Waals surface area (Å²) in [6, 6.07) is 6.48. The standard InChI is InChI=1S/C15H17N3O3S/c1-4-18(14-11(2)6-5-9-16-14)15(19)12-7-8-13(17-10-12)22(3,20)21/h5-10H,4H2,1-3H3. The van der Waals surface area contributed by atoms with Crippen LogP contribution in [0.3, 0.4) is 0 Å². The van der Waals surface area contributed by atoms with Gasteiger partial charge in [-0.15, -0.1) is 0 Å². The van der Waals surface area contributed by atoms with Crippen molar-refractivity contribution in [1.82, 2.24) is 9.97 Å². The zero-order valence-electron chi connectivity index (χ0n) is 12.6. The van der Waals surface area contributed by atoms with E-state index in [2.05, 4.69) is 9.97 Å². The van der Waals surface area contributed by atoms with Crippen molar-refractivity contribution >= 4 is 21.6 Å². The van der Waals surface area contributed by atoms with Crippen LogP contribution in [-0.4, -0.2) is 37.1 Å². The van der Waals surface area contributed by atoms with Gasteiger partial charge in [-0.05, 0) is 37.6 Å². The molecule has 2 aromatic rings. The van der Waals surface area contributed by atoms with Gasteiger partial charge in [-0.1, -0.05) is 6.07 Å². The minimum absolute atomic E-state index is 0.0545. The Morgan fingerprint density at radius 2 is 1.95 bits per heavy atom. The molecular weight excluding hydrogens is 302 g/mol. The molecule has 116 valence electrons. The number of carbonyl (C=O) groups excluding carboxylic acids is 1. The fourth-order valence-electron chi connectivity index (χ4n) is 2.03. The lowest BCUT2D eigenvalue weighted by Crippen LogP contribution is -2.32. The highest BCUT2D eigenvalue weighted by Crippen LogP contribution is 2.18. The summed E-state index contributed by atoms with van der Waals surface area (Å²) in [6.07, 6.45) is 3.98. The molecule has 0 radical (unpaired) electrons. The molecule has 0 atom stereocenters. The van der Waals surface area contributed by atoms with E-state index in [9.17, 15) is 13.2 Å². The van der Waals surface area contributed by atoms with Crippen molar-refractivity contribution in [3.63, 3.8) is 0 Å². The molecule has 0 fully saturated rings. The molecule has 0 unspecified atom stereocenters. The number of anilines is 1. The predicted octanol–water partition coefficient (Wildman–Crippen LogP) is 1.86. The number of nitrogens with zero attached hydrogens (tertiary/aromatic N) is 3. The lowest BCUT2D eigenvalue weighted by atomic mass is 10.2. The second kappa shape index (κ2) is 6.23. The number of carbonyl (C=O) groups is 1. The molecular formula is C15H17N3O3S. The second-order valence-electron chi connectivity index (χ2n) is 4.85. The van der Waals surface area contributed by atoms with Crippen LogP contribution in [0.2, 0.25) is 0 Å². The van der Waals surface area contributed by atoms with Crippen LogP contribution in [0.4, 0.5) is 5.82 Å². The van der Waals surface area contributed by atoms with Crippen LogP contribution < -0.4 is 4.90 Å². The van der Waals surface area contributed by atoms with E-state index >= 15 is 0 Å². The van der Waals surface area contributed by atoms with Crippen molar-refractivity contribution in [2.45, 2.75) is 18.9 Å². The van der Waals surface area contributed by atoms with Gasteiger partial charge in [0, 0.05) is 25.2 Å². The quantitative estimate of drug-likeness (QED) is 0.859. The van der Waals surface area contributed by atoms with E-state index in [0.717, 1.165) is 11.8 Å². The largest absolute Gasteiger partial charge is 0.293 e. The van der Waals surface area contributed by atoms with Gasteiger partial charge in [-0.25, -0.2) is 18.4 Å². The molecule has 0 aliphatic rings. The van der Waals surface area contributed by atoms with Crippen LogP contribution >= 0.6 is 0 Å². The minimum atomic E-state index is -3.38. The van der Waals surface area contributed by atoms with E-state index in [1.807, 2.05) is 19.9 Å². The molecule has 0 aromatic carbocycles. The van der Waals surface area contributed by atoms with Gasteiger partial charge in [0.2, 0.25) is 0 Å². The van der Waals surface area contributed by atoms with Gasteiger partial charge in [-0.2, -0.15) is 0 Å². The lowest BCUT2D eigenvalue weighted by molar-refractivity contribution is 0.0987. The number of pyridine rings is 2. The van der Waals surface area contributed by atoms with Crippen molar-refractivity contribution in [2.24, 2.45) is 0 Å². The Labute approximate surface area is 129 Å². The average molecular weight is 319 g/mol. The zero-order chi connectivity index (χ0) is 16.3. The molecule has 2 rings (SSSR count). The molecule has 2 aromatic heterocycles. The molecule has 0 spiro atoms. The predicted molar refractivity (Wildman–Crippen MR) is 83.7 cm³/mol. The zero-order valence-corrected chi connectivity index (χ0v) is 13.5. The Kier molecular flexibility index (Phi) is 4.56. The van der Waals surface area contributed by atoms with Crippen molar-refractivity contribution in [2.75, 3.05) is 17.7 Å². The number of hydrogen-bond donors (Lipinski definition) is 0. The first-order chi connectivity index (χ1) is 10.3. The summed E-state index contributed by atoms with van der Waals surface area (Å²) in [5.74, 6) is 0.319. The Bertz CT molecular complexity index is 786. The smallest absolute Gasteiger partial charge is 0.260 e. The molecule has 0 bridgehead atoms. The van der Waals surface area contributed by atoms with Gasteiger partial charge in [-0.3, -0.25) is 9.69 Å². The highest BCUT2D eigenvalue weighted by molar-refractivity contribution is 7.90. The van der Waals surface area contributed by atoms with Crippen LogP contribution in [0.1, 0.15) is 22.8 Å². The van der Waals surface area contributed by atoms with Crippen LogP contribution in [0, 0.1) is 6.92 Å². The van der Waals surface area contributed by atoms with E-state index < -0.39 is 9.84 Å². The lowest BCUT2D eigenvalue weighted by Gasteiger charge is -2.21. The number of amides is 1. The molecule has 6 nitrogen and oxygen atoms in total. The van der Waals surface area contributed by atoms with Crippen molar-refractivity contribution < 1.29 is 13.2 Å². The number of sulfone groups is 1. The first-order valence-electron chi connectivity index (χ1n) is 6.74. The Morgan fingerprint density at radius 1 is 1.23 bits per heavy atom. The molecule has 7 heteroatoms. The summed E-state index contributed by atoms with van der Waals surface area (Å²) < 4.78 is 22.8. The summed E-state index contributed by atoms with van der Waals surface area (Å²) in [7, 11) is -3.38. The molecule has 0 saturated heterocycles. The van der Waals surface area contributed by atoms with Gasteiger partial charge < -0.3 is 0 Å². The highest BCUT2D eigenvalue weighted by Gasteiger charge is 2.19. The monoisotopic (exact) mass is 319 g/mol. The highest BCUT2D eigenvalue weighted by atomic mass is 32.2. The molecule has 1 amide bonds. The third-order valence-corrected chi connectivity index (χ3v) is 4.16. The molecule has 0 N–H and O–H groups in total. The molecule has 0 aliphatic carbocycles. The van der Waals surface area contributed by atoms with Gasteiger partial charge in [0.05, 0.1) is 5.56 Å². The van der Waals surface area contributed by atoms with E-state index in [1.165, 1.54) is 23.2 Å². The van der Waals surface area contributed by atoms with Gasteiger partial charge >= 0.3 is 0 Å². The Morgan fingerprint density at radius 3 is 2.45 bits per heavy atom. The topological polar surface area (TPSA) is 80.2 Å². The minimum Gasteiger partial charge on any atom is -0.293 e. The summed E-state index contributed by atoms with van der Waals surface area (Å²) in [6.45, 7) is 4.18. The number of aromatic nitrogens is 2. The van der Waals surface area contributed by atoms with Crippen molar-refractivity contribution in [3.05, 3.63) is 47.8 Å². The summed E-state index contributed by atoms with van der Waals surface area (Å²) >= 11 is 0. The second-order valence-corrected chi connectivity index (χ2v) is 6.81. The maximum Gasteiger partial charge on any atom is 0.260 e. The SMILES string of the molecule is CCN(C(=O)c1ccc(S(C)(=O)=O)nc1)c1ncccc1C. The first kappa shape index (κ1) is 16.1. The fourth-order valence-corrected chi connectivity index (χ4v) is 2.59. The summed E-state index contributed by atoms with van der Waals surface area (Å²) in [5, 5.41) is -0.0545. The molecule has 0 saturated carbocycles. The molecule has 0 aliphatic heterocycles. The molecule has 22 heavy (non-hydrogen) atoms. The fraction of sp³-hybridized carbons (Fsp3) is 0.267. The normalized spacial score (nSPS) is 11.2. The number of hydrogen-bond acceptors (Lipinski definition) is 5. The van der Waals surface area contributed by atoms with Crippen molar-refractivity contribution in [1.29, 1.82) is 0 Å². The summed E-state index contributed by atoms with van der Waals surface area (Å²) in [5.41, 5.74) is 1.21. The van der Waals surface area contributed by atoms with E-state index in [0.29, 0.717) is 17.9 Å². The summed E-state index contributed by atoms with van der Waals surface area (Å²) in [4.78, 5) is 22.2. The van der Waals surface area contributed by atoms with Crippen molar-refractivity contribution in [3.8, 4) is 0 Å². The van der Waals surface area contributed by atoms with E-state index in [1.54, 1.807) is 12.3 Å². The maximum absolute atomic E-state index is 12.6. The number of aryl methyl sites for hydroxylation is 1. The van der Waals surface area contributed by atoms with E-state index in [4.69, 9.17) is 0 Å². The van der Waals surface area contributed by atoms with E-state index in [-0.39, 0.29) is 10.9 Å². The Hall–Kier alpha value is -2.28.